The third-order valence-electron chi connectivity index (χ3n) is 1.51. The van der Waals surface area contributed by atoms with Gasteiger partial charge in [-0.25, -0.2) is 0 Å². The lowest BCUT2D eigenvalue weighted by atomic mass is 10.0. The summed E-state index contributed by atoms with van der Waals surface area (Å²) in [7, 11) is 0. The monoisotopic (exact) mass is 177 g/mol. The van der Waals surface area contributed by atoms with Gasteiger partial charge in [0.2, 0.25) is 0 Å². The van der Waals surface area contributed by atoms with Crippen LogP contribution in [0.2, 0.25) is 0 Å². The summed E-state index contributed by atoms with van der Waals surface area (Å²) in [5.41, 5.74) is 5.44. The van der Waals surface area contributed by atoms with Crippen LogP contribution in [0.3, 0.4) is 0 Å². The molecule has 1 aliphatic rings. The zero-order valence-corrected chi connectivity index (χ0v) is 6.99. The van der Waals surface area contributed by atoms with Crippen LogP contribution in [-0.4, -0.2) is 6.54 Å². The summed E-state index contributed by atoms with van der Waals surface area (Å²) < 4.78 is 0. The molecule has 1 aliphatic carbocycles. The van der Waals surface area contributed by atoms with Gasteiger partial charge in [-0.1, -0.05) is 35.4 Å². The van der Waals surface area contributed by atoms with Crippen molar-refractivity contribution >= 4 is 23.2 Å². The van der Waals surface area contributed by atoms with E-state index in [-0.39, 0.29) is 0 Å². The van der Waals surface area contributed by atoms with Crippen molar-refractivity contribution in [3.05, 3.63) is 22.2 Å². The molecule has 0 fully saturated rings. The second kappa shape index (κ2) is 3.42. The third kappa shape index (κ3) is 1.75. The Morgan fingerprint density at radius 2 is 2.20 bits per heavy atom. The van der Waals surface area contributed by atoms with Crippen LogP contribution in [0.5, 0.6) is 0 Å². The lowest BCUT2D eigenvalue weighted by Gasteiger charge is -2.12. The second-order valence-corrected chi connectivity index (χ2v) is 3.11. The minimum Gasteiger partial charge on any atom is -0.330 e. The Morgan fingerprint density at radius 3 is 2.70 bits per heavy atom. The Labute approximate surface area is 70.5 Å². The molecule has 0 aliphatic heterocycles. The molecule has 0 radical (unpaired) electrons. The summed E-state index contributed by atoms with van der Waals surface area (Å²) in [6, 6.07) is 0. The Kier molecular flexibility index (Phi) is 2.78. The molecular weight excluding hydrogens is 169 g/mol. The predicted molar refractivity (Wildman–Crippen MR) is 45.0 cm³/mol. The Hall–Kier alpha value is 0.0200. The lowest BCUT2D eigenvalue weighted by molar-refractivity contribution is 0.666. The van der Waals surface area contributed by atoms with Crippen molar-refractivity contribution in [2.75, 3.05) is 6.54 Å². The molecule has 0 heterocycles. The summed E-state index contributed by atoms with van der Waals surface area (Å²) >= 11 is 11.5. The van der Waals surface area contributed by atoms with E-state index in [0.717, 1.165) is 6.42 Å². The highest BCUT2D eigenvalue weighted by Gasteiger charge is 2.10. The summed E-state index contributed by atoms with van der Waals surface area (Å²) in [6.07, 6.45) is 4.72. The number of rotatable bonds is 1. The highest BCUT2D eigenvalue weighted by Crippen LogP contribution is 2.27. The number of allylic oxidation sites excluding steroid dienone is 3. The van der Waals surface area contributed by atoms with Crippen molar-refractivity contribution in [1.82, 2.24) is 0 Å². The molecule has 0 bridgehead atoms. The number of nitrogens with two attached hydrogens (primary N) is 1. The van der Waals surface area contributed by atoms with Gasteiger partial charge < -0.3 is 5.73 Å². The molecule has 1 unspecified atom stereocenters. The van der Waals surface area contributed by atoms with Crippen LogP contribution >= 0.6 is 23.2 Å². The van der Waals surface area contributed by atoms with Gasteiger partial charge in [-0.2, -0.15) is 0 Å². The average molecular weight is 178 g/mol. The van der Waals surface area contributed by atoms with E-state index in [1.54, 1.807) is 0 Å². The lowest BCUT2D eigenvalue weighted by Crippen LogP contribution is -2.13. The van der Waals surface area contributed by atoms with Crippen molar-refractivity contribution in [2.24, 2.45) is 11.7 Å². The third-order valence-corrected chi connectivity index (χ3v) is 2.30. The predicted octanol–water partition coefficient (Wildman–Crippen LogP) is 2.21. The van der Waals surface area contributed by atoms with E-state index in [9.17, 15) is 0 Å². The standard InChI is InChI=1S/C7H9Cl2N/c8-6-2-1-5(4-10)3-7(6)9/h2-3,5H,1,4,10H2. The molecule has 0 spiro atoms. The van der Waals surface area contributed by atoms with Crippen molar-refractivity contribution in [1.29, 1.82) is 0 Å². The smallest absolute Gasteiger partial charge is 0.0552 e. The maximum atomic E-state index is 5.75. The van der Waals surface area contributed by atoms with Gasteiger partial charge in [-0.15, -0.1) is 0 Å². The van der Waals surface area contributed by atoms with Crippen LogP contribution in [0, 0.1) is 5.92 Å². The van der Waals surface area contributed by atoms with E-state index in [1.807, 2.05) is 12.2 Å². The summed E-state index contributed by atoms with van der Waals surface area (Å²) in [5, 5.41) is 1.27. The number of hydrogen-bond donors (Lipinski definition) is 1. The normalized spacial score (nSPS) is 25.7. The summed E-state index contributed by atoms with van der Waals surface area (Å²) in [6.45, 7) is 0.636. The van der Waals surface area contributed by atoms with Crippen LogP contribution in [0.4, 0.5) is 0 Å². The van der Waals surface area contributed by atoms with Gasteiger partial charge in [-0.05, 0) is 18.9 Å². The van der Waals surface area contributed by atoms with Crippen LogP contribution in [-0.2, 0) is 0 Å². The molecule has 0 aromatic heterocycles. The van der Waals surface area contributed by atoms with Gasteiger partial charge in [0.05, 0.1) is 10.1 Å². The zero-order chi connectivity index (χ0) is 7.56. The fourth-order valence-electron chi connectivity index (χ4n) is 0.871. The van der Waals surface area contributed by atoms with Crippen LogP contribution in [0.25, 0.3) is 0 Å². The summed E-state index contributed by atoms with van der Waals surface area (Å²) in [5.74, 6) is 0.370. The molecule has 1 rings (SSSR count). The van der Waals surface area contributed by atoms with Gasteiger partial charge in [0.1, 0.15) is 0 Å². The van der Waals surface area contributed by atoms with Crippen LogP contribution in [0.15, 0.2) is 22.2 Å². The topological polar surface area (TPSA) is 26.0 Å². The Morgan fingerprint density at radius 1 is 1.50 bits per heavy atom. The van der Waals surface area contributed by atoms with Crippen molar-refractivity contribution in [3.63, 3.8) is 0 Å². The molecule has 10 heavy (non-hydrogen) atoms. The first kappa shape index (κ1) is 8.12. The Bertz CT molecular complexity index is 184. The fraction of sp³-hybridized carbons (Fsp3) is 0.429. The van der Waals surface area contributed by atoms with E-state index in [4.69, 9.17) is 28.9 Å². The minimum atomic E-state index is 0.370. The first-order chi connectivity index (χ1) is 4.74. The highest BCUT2D eigenvalue weighted by molar-refractivity contribution is 6.44. The van der Waals surface area contributed by atoms with Crippen molar-refractivity contribution < 1.29 is 0 Å². The van der Waals surface area contributed by atoms with Gasteiger partial charge in [0.25, 0.3) is 0 Å². The van der Waals surface area contributed by atoms with Gasteiger partial charge >= 0.3 is 0 Å². The molecular formula is C7H9Cl2N. The molecule has 2 N–H and O–H groups in total. The molecule has 0 amide bonds. The maximum absolute atomic E-state index is 5.75. The van der Waals surface area contributed by atoms with Gasteiger partial charge in [0, 0.05) is 0 Å². The Balaban J connectivity index is 2.66. The van der Waals surface area contributed by atoms with E-state index in [1.165, 1.54) is 0 Å². The molecule has 0 aromatic carbocycles. The van der Waals surface area contributed by atoms with Crippen LogP contribution < -0.4 is 5.73 Å². The fourth-order valence-corrected chi connectivity index (χ4v) is 1.28. The largest absolute Gasteiger partial charge is 0.330 e. The van der Waals surface area contributed by atoms with E-state index in [2.05, 4.69) is 0 Å². The zero-order valence-electron chi connectivity index (χ0n) is 5.48. The molecule has 1 atom stereocenters. The molecule has 0 aromatic rings. The summed E-state index contributed by atoms with van der Waals surface area (Å²) in [4.78, 5) is 0. The second-order valence-electron chi connectivity index (χ2n) is 2.30. The van der Waals surface area contributed by atoms with Crippen molar-refractivity contribution in [3.8, 4) is 0 Å². The quantitative estimate of drug-likeness (QED) is 0.654. The van der Waals surface area contributed by atoms with Gasteiger partial charge in [-0.3, -0.25) is 0 Å². The highest BCUT2D eigenvalue weighted by atomic mass is 35.5. The van der Waals surface area contributed by atoms with Crippen molar-refractivity contribution in [2.45, 2.75) is 6.42 Å². The number of halogens is 2. The van der Waals surface area contributed by atoms with E-state index in [0.29, 0.717) is 22.5 Å². The molecule has 1 nitrogen and oxygen atoms in total. The number of hydrogen-bond acceptors (Lipinski definition) is 1. The molecule has 56 valence electrons. The molecule has 0 saturated heterocycles. The maximum Gasteiger partial charge on any atom is 0.0552 e. The SMILES string of the molecule is NCC1C=C(Cl)C(Cl)=CC1. The molecule has 3 heteroatoms. The van der Waals surface area contributed by atoms with E-state index >= 15 is 0 Å². The first-order valence-corrected chi connectivity index (χ1v) is 3.93. The van der Waals surface area contributed by atoms with E-state index < -0.39 is 0 Å². The molecule has 0 saturated carbocycles. The van der Waals surface area contributed by atoms with Gasteiger partial charge in [0.15, 0.2) is 0 Å². The average Bonchev–Trinajstić information content (AvgIpc) is 1.95. The minimum absolute atomic E-state index is 0.370. The van der Waals surface area contributed by atoms with Crippen LogP contribution in [0.1, 0.15) is 6.42 Å². The first-order valence-electron chi connectivity index (χ1n) is 3.17.